The Hall–Kier alpha value is -3.22. The standard InChI is InChI=1S/C19H19N3O4/c1-11-4-6-13(7-5-11)15-10-14(17-12(2)22-26-19(17)21-15)18(24)20-9-8-16(23)25-3/h4-7,10H,8-9H2,1-3H3,(H,20,24). The molecular formula is C19H19N3O4. The number of nitrogens with one attached hydrogen (secondary N) is 1. The molecule has 2 aromatic heterocycles. The van der Waals surface area contributed by atoms with Crippen molar-refractivity contribution in [3.63, 3.8) is 0 Å². The molecule has 0 saturated heterocycles. The van der Waals surface area contributed by atoms with Crippen LogP contribution in [0.4, 0.5) is 0 Å². The van der Waals surface area contributed by atoms with Crippen molar-refractivity contribution in [2.24, 2.45) is 0 Å². The van der Waals surface area contributed by atoms with E-state index in [1.165, 1.54) is 7.11 Å². The number of rotatable bonds is 5. The molecule has 0 spiro atoms. The normalized spacial score (nSPS) is 10.7. The average molecular weight is 353 g/mol. The molecule has 2 heterocycles. The van der Waals surface area contributed by atoms with E-state index in [9.17, 15) is 9.59 Å². The minimum Gasteiger partial charge on any atom is -0.469 e. The van der Waals surface area contributed by atoms with Crippen molar-refractivity contribution in [3.05, 3.63) is 47.2 Å². The van der Waals surface area contributed by atoms with E-state index < -0.39 is 0 Å². The zero-order chi connectivity index (χ0) is 18.7. The van der Waals surface area contributed by atoms with Gasteiger partial charge in [-0.1, -0.05) is 35.0 Å². The summed E-state index contributed by atoms with van der Waals surface area (Å²) in [6.45, 7) is 3.93. The van der Waals surface area contributed by atoms with E-state index in [1.807, 2.05) is 31.2 Å². The lowest BCUT2D eigenvalue weighted by atomic mass is 10.0. The maximum Gasteiger partial charge on any atom is 0.307 e. The third-order valence-electron chi connectivity index (χ3n) is 4.05. The van der Waals surface area contributed by atoms with Crippen molar-refractivity contribution in [2.45, 2.75) is 20.3 Å². The summed E-state index contributed by atoms with van der Waals surface area (Å²) in [6.07, 6.45) is 0.101. The molecule has 7 nitrogen and oxygen atoms in total. The molecule has 3 rings (SSSR count). The second kappa shape index (κ2) is 7.35. The van der Waals surface area contributed by atoms with Crippen LogP contribution in [-0.4, -0.2) is 35.7 Å². The summed E-state index contributed by atoms with van der Waals surface area (Å²) < 4.78 is 9.85. The Bertz CT molecular complexity index is 961. The number of aromatic nitrogens is 2. The number of pyridine rings is 1. The smallest absolute Gasteiger partial charge is 0.307 e. The first kappa shape index (κ1) is 17.6. The molecule has 0 aliphatic rings. The van der Waals surface area contributed by atoms with Crippen LogP contribution in [0.5, 0.6) is 0 Å². The Morgan fingerprint density at radius 1 is 1.19 bits per heavy atom. The molecule has 134 valence electrons. The fourth-order valence-corrected chi connectivity index (χ4v) is 2.62. The Balaban J connectivity index is 1.97. The van der Waals surface area contributed by atoms with E-state index >= 15 is 0 Å². The zero-order valence-corrected chi connectivity index (χ0v) is 14.8. The fraction of sp³-hybridized carbons (Fsp3) is 0.263. The van der Waals surface area contributed by atoms with E-state index in [0.29, 0.717) is 28.1 Å². The van der Waals surface area contributed by atoms with Gasteiger partial charge in [-0.15, -0.1) is 0 Å². The largest absolute Gasteiger partial charge is 0.469 e. The molecule has 0 aliphatic carbocycles. The Kier molecular flexibility index (Phi) is 4.97. The van der Waals surface area contributed by atoms with Gasteiger partial charge < -0.3 is 14.6 Å². The van der Waals surface area contributed by atoms with Crippen LogP contribution in [0.15, 0.2) is 34.9 Å². The maximum absolute atomic E-state index is 12.7. The van der Waals surface area contributed by atoms with E-state index in [2.05, 4.69) is 20.2 Å². The van der Waals surface area contributed by atoms with Gasteiger partial charge in [0, 0.05) is 12.1 Å². The number of benzene rings is 1. The van der Waals surface area contributed by atoms with Gasteiger partial charge in [0.2, 0.25) is 0 Å². The molecule has 1 amide bonds. The van der Waals surface area contributed by atoms with Crippen LogP contribution in [0.2, 0.25) is 0 Å². The van der Waals surface area contributed by atoms with Crippen molar-refractivity contribution < 1.29 is 18.8 Å². The third kappa shape index (κ3) is 3.56. The minimum atomic E-state index is -0.383. The molecule has 1 aromatic carbocycles. The predicted molar refractivity (Wildman–Crippen MR) is 95.7 cm³/mol. The number of nitrogens with zero attached hydrogens (tertiary/aromatic N) is 2. The number of hydrogen-bond donors (Lipinski definition) is 1. The molecule has 3 aromatic rings. The second-order valence-electron chi connectivity index (χ2n) is 5.95. The first-order chi connectivity index (χ1) is 12.5. The molecule has 1 N–H and O–H groups in total. The zero-order valence-electron chi connectivity index (χ0n) is 14.8. The molecule has 0 saturated carbocycles. The van der Waals surface area contributed by atoms with Crippen molar-refractivity contribution in [3.8, 4) is 11.3 Å². The van der Waals surface area contributed by atoms with Crippen LogP contribution < -0.4 is 5.32 Å². The highest BCUT2D eigenvalue weighted by molar-refractivity contribution is 6.07. The second-order valence-corrected chi connectivity index (χ2v) is 5.95. The van der Waals surface area contributed by atoms with Crippen molar-refractivity contribution in [1.82, 2.24) is 15.5 Å². The molecule has 26 heavy (non-hydrogen) atoms. The van der Waals surface area contributed by atoms with Gasteiger partial charge in [0.25, 0.3) is 11.6 Å². The number of carbonyl (C=O) groups is 2. The number of fused-ring (bicyclic) bond motifs is 1. The summed E-state index contributed by atoms with van der Waals surface area (Å²) in [5.41, 5.74) is 3.92. The lowest BCUT2D eigenvalue weighted by Gasteiger charge is -2.08. The molecule has 0 radical (unpaired) electrons. The lowest BCUT2D eigenvalue weighted by Crippen LogP contribution is -2.26. The van der Waals surface area contributed by atoms with Gasteiger partial charge in [-0.25, -0.2) is 4.98 Å². The number of aryl methyl sites for hydroxylation is 2. The van der Waals surface area contributed by atoms with Gasteiger partial charge in [-0.05, 0) is 19.9 Å². The first-order valence-corrected chi connectivity index (χ1v) is 8.18. The molecule has 0 atom stereocenters. The minimum absolute atomic E-state index is 0.101. The van der Waals surface area contributed by atoms with Crippen molar-refractivity contribution >= 4 is 23.0 Å². The Morgan fingerprint density at radius 3 is 2.62 bits per heavy atom. The van der Waals surface area contributed by atoms with Crippen LogP contribution >= 0.6 is 0 Å². The summed E-state index contributed by atoms with van der Waals surface area (Å²) in [5, 5.41) is 7.21. The van der Waals surface area contributed by atoms with Crippen LogP contribution in [-0.2, 0) is 9.53 Å². The summed E-state index contributed by atoms with van der Waals surface area (Å²) in [7, 11) is 1.31. The van der Waals surface area contributed by atoms with Gasteiger partial charge in [0.1, 0.15) is 0 Å². The number of esters is 1. The van der Waals surface area contributed by atoms with Crippen molar-refractivity contribution in [2.75, 3.05) is 13.7 Å². The quantitative estimate of drug-likeness (QED) is 0.709. The van der Waals surface area contributed by atoms with E-state index in [4.69, 9.17) is 4.52 Å². The summed E-state index contributed by atoms with van der Waals surface area (Å²) in [6, 6.07) is 9.54. The highest BCUT2D eigenvalue weighted by atomic mass is 16.5. The van der Waals surface area contributed by atoms with Crippen LogP contribution in [0.25, 0.3) is 22.4 Å². The molecule has 0 aliphatic heterocycles. The lowest BCUT2D eigenvalue weighted by molar-refractivity contribution is -0.140. The van der Waals surface area contributed by atoms with Gasteiger partial charge >= 0.3 is 5.97 Å². The van der Waals surface area contributed by atoms with Crippen LogP contribution in [0.1, 0.15) is 28.0 Å². The Labute approximate surface area is 150 Å². The molecule has 7 heteroatoms. The van der Waals surface area contributed by atoms with Gasteiger partial charge in [0.15, 0.2) is 0 Å². The summed E-state index contributed by atoms with van der Waals surface area (Å²) in [5.74, 6) is -0.701. The van der Waals surface area contributed by atoms with Crippen LogP contribution in [0.3, 0.4) is 0 Å². The fourth-order valence-electron chi connectivity index (χ4n) is 2.62. The SMILES string of the molecule is COC(=O)CCNC(=O)c1cc(-c2ccc(C)cc2)nc2onc(C)c12. The first-order valence-electron chi connectivity index (χ1n) is 8.18. The summed E-state index contributed by atoms with van der Waals surface area (Å²) in [4.78, 5) is 28.3. The number of methoxy groups -OCH3 is 1. The Morgan fingerprint density at radius 2 is 1.92 bits per heavy atom. The predicted octanol–water partition coefficient (Wildman–Crippen LogP) is 2.80. The topological polar surface area (TPSA) is 94.3 Å². The monoisotopic (exact) mass is 353 g/mol. The van der Waals surface area contributed by atoms with E-state index in [1.54, 1.807) is 13.0 Å². The van der Waals surface area contributed by atoms with Gasteiger partial charge in [-0.3, -0.25) is 9.59 Å². The number of hydrogen-bond acceptors (Lipinski definition) is 6. The molecular weight excluding hydrogens is 334 g/mol. The maximum atomic E-state index is 12.7. The number of carbonyl (C=O) groups excluding carboxylic acids is 2. The average Bonchev–Trinajstić information content (AvgIpc) is 3.02. The van der Waals surface area contributed by atoms with E-state index in [0.717, 1.165) is 11.1 Å². The molecule has 0 unspecified atom stereocenters. The van der Waals surface area contributed by atoms with Gasteiger partial charge in [-0.2, -0.15) is 0 Å². The van der Waals surface area contributed by atoms with E-state index in [-0.39, 0.29) is 24.8 Å². The van der Waals surface area contributed by atoms with Crippen LogP contribution in [0, 0.1) is 13.8 Å². The molecule has 0 fully saturated rings. The van der Waals surface area contributed by atoms with Gasteiger partial charge in [0.05, 0.1) is 35.9 Å². The number of ether oxygens (including phenoxy) is 1. The third-order valence-corrected chi connectivity index (χ3v) is 4.05. The number of amides is 1. The highest BCUT2D eigenvalue weighted by Crippen LogP contribution is 2.27. The van der Waals surface area contributed by atoms with Crippen molar-refractivity contribution in [1.29, 1.82) is 0 Å². The summed E-state index contributed by atoms with van der Waals surface area (Å²) >= 11 is 0. The molecule has 0 bridgehead atoms. The highest BCUT2D eigenvalue weighted by Gasteiger charge is 2.19.